The minimum absolute atomic E-state index is 0.00526. The van der Waals surface area contributed by atoms with Crippen LogP contribution < -0.4 is 0 Å². The Kier molecular flexibility index (Phi) is 4.28. The average Bonchev–Trinajstić information content (AvgIpc) is 2.63. The highest BCUT2D eigenvalue weighted by molar-refractivity contribution is 5.80. The fraction of sp³-hybridized carbons (Fsp3) is 0.929. The first kappa shape index (κ1) is 13.8. The van der Waals surface area contributed by atoms with Crippen molar-refractivity contribution in [3.05, 3.63) is 0 Å². The molecule has 2 fully saturated rings. The van der Waals surface area contributed by atoms with Gasteiger partial charge in [0.1, 0.15) is 0 Å². The first-order valence-corrected chi connectivity index (χ1v) is 7.09. The normalized spacial score (nSPS) is 38.1. The van der Waals surface area contributed by atoms with Crippen molar-refractivity contribution in [1.29, 1.82) is 0 Å². The monoisotopic (exact) mass is 255 g/mol. The summed E-state index contributed by atoms with van der Waals surface area (Å²) in [5.41, 5.74) is 0. The standard InChI is InChI=1S/C14H25NO3/c1-9-10(2)18-11(3)13(9)14(17)15-6-4-12(8-16)5-7-15/h9-13,16H,4-8H2,1-3H3. The zero-order chi connectivity index (χ0) is 13.3. The van der Waals surface area contributed by atoms with Crippen molar-refractivity contribution in [3.8, 4) is 0 Å². The van der Waals surface area contributed by atoms with Gasteiger partial charge in [0.05, 0.1) is 18.1 Å². The van der Waals surface area contributed by atoms with Crippen LogP contribution in [0.2, 0.25) is 0 Å². The van der Waals surface area contributed by atoms with Gasteiger partial charge in [-0.2, -0.15) is 0 Å². The van der Waals surface area contributed by atoms with Crippen molar-refractivity contribution in [1.82, 2.24) is 4.90 Å². The Morgan fingerprint density at radius 1 is 1.22 bits per heavy atom. The molecule has 0 aromatic carbocycles. The van der Waals surface area contributed by atoms with Crippen LogP contribution >= 0.6 is 0 Å². The molecule has 4 atom stereocenters. The molecule has 0 saturated carbocycles. The summed E-state index contributed by atoms with van der Waals surface area (Å²) >= 11 is 0. The molecule has 0 aromatic heterocycles. The second-order valence-corrected chi connectivity index (χ2v) is 5.88. The van der Waals surface area contributed by atoms with E-state index in [2.05, 4.69) is 6.92 Å². The molecule has 1 amide bonds. The summed E-state index contributed by atoms with van der Waals surface area (Å²) < 4.78 is 5.75. The zero-order valence-corrected chi connectivity index (χ0v) is 11.6. The maximum absolute atomic E-state index is 12.5. The molecular formula is C14H25NO3. The molecule has 4 unspecified atom stereocenters. The summed E-state index contributed by atoms with van der Waals surface area (Å²) in [4.78, 5) is 14.5. The molecule has 0 bridgehead atoms. The molecule has 4 heteroatoms. The van der Waals surface area contributed by atoms with Crippen molar-refractivity contribution >= 4 is 5.91 Å². The van der Waals surface area contributed by atoms with Gasteiger partial charge in [0, 0.05) is 19.7 Å². The highest BCUT2D eigenvalue weighted by atomic mass is 16.5. The Labute approximate surface area is 109 Å². The molecule has 1 N–H and O–H groups in total. The lowest BCUT2D eigenvalue weighted by Gasteiger charge is -2.34. The summed E-state index contributed by atoms with van der Waals surface area (Å²) in [5, 5.41) is 9.12. The van der Waals surface area contributed by atoms with Crippen LogP contribution in [0.25, 0.3) is 0 Å². The van der Waals surface area contributed by atoms with E-state index in [1.54, 1.807) is 0 Å². The number of carbonyl (C=O) groups is 1. The highest BCUT2D eigenvalue weighted by Crippen LogP contribution is 2.34. The van der Waals surface area contributed by atoms with Gasteiger partial charge in [0.2, 0.25) is 5.91 Å². The van der Waals surface area contributed by atoms with Gasteiger partial charge in [-0.05, 0) is 38.5 Å². The number of carbonyl (C=O) groups excluding carboxylic acids is 1. The number of amides is 1. The molecule has 2 rings (SSSR count). The summed E-state index contributed by atoms with van der Waals surface area (Å²) in [5.74, 6) is 0.923. The van der Waals surface area contributed by atoms with E-state index < -0.39 is 0 Å². The molecule has 0 radical (unpaired) electrons. The Balaban J connectivity index is 1.95. The van der Waals surface area contributed by atoms with Crippen LogP contribution in [0, 0.1) is 17.8 Å². The summed E-state index contributed by atoms with van der Waals surface area (Å²) in [7, 11) is 0. The number of aliphatic hydroxyl groups excluding tert-OH is 1. The third-order valence-corrected chi connectivity index (χ3v) is 4.71. The van der Waals surface area contributed by atoms with Gasteiger partial charge in [-0.1, -0.05) is 6.92 Å². The lowest BCUT2D eigenvalue weighted by Crippen LogP contribution is -2.45. The van der Waals surface area contributed by atoms with Gasteiger partial charge in [0.25, 0.3) is 0 Å². The molecule has 2 aliphatic heterocycles. The minimum Gasteiger partial charge on any atom is -0.396 e. The number of rotatable bonds is 2. The fourth-order valence-electron chi connectivity index (χ4n) is 3.24. The topological polar surface area (TPSA) is 49.8 Å². The number of nitrogens with zero attached hydrogens (tertiary/aromatic N) is 1. The van der Waals surface area contributed by atoms with E-state index in [9.17, 15) is 4.79 Å². The van der Waals surface area contributed by atoms with E-state index in [1.165, 1.54) is 0 Å². The summed E-state index contributed by atoms with van der Waals surface area (Å²) in [6.07, 6.45) is 2.05. The predicted octanol–water partition coefficient (Wildman–Crippen LogP) is 1.28. The van der Waals surface area contributed by atoms with Crippen molar-refractivity contribution in [2.24, 2.45) is 17.8 Å². The Bertz CT molecular complexity index is 299. The predicted molar refractivity (Wildman–Crippen MR) is 69.1 cm³/mol. The lowest BCUT2D eigenvalue weighted by atomic mass is 9.87. The smallest absolute Gasteiger partial charge is 0.228 e. The summed E-state index contributed by atoms with van der Waals surface area (Å²) in [6, 6.07) is 0. The van der Waals surface area contributed by atoms with Gasteiger partial charge < -0.3 is 14.7 Å². The van der Waals surface area contributed by atoms with Crippen LogP contribution in [-0.2, 0) is 9.53 Å². The zero-order valence-electron chi connectivity index (χ0n) is 11.6. The largest absolute Gasteiger partial charge is 0.396 e. The van der Waals surface area contributed by atoms with Crippen LogP contribution in [0.3, 0.4) is 0 Å². The Morgan fingerprint density at radius 3 is 2.28 bits per heavy atom. The third kappa shape index (κ3) is 2.54. The molecule has 18 heavy (non-hydrogen) atoms. The van der Waals surface area contributed by atoms with Gasteiger partial charge in [-0.3, -0.25) is 4.79 Å². The number of hydrogen-bond donors (Lipinski definition) is 1. The molecule has 0 aromatic rings. The van der Waals surface area contributed by atoms with Crippen LogP contribution in [0.15, 0.2) is 0 Å². The lowest BCUT2D eigenvalue weighted by molar-refractivity contribution is -0.139. The SMILES string of the molecule is CC1OC(C)C(C(=O)N2CCC(CO)CC2)C1C. The van der Waals surface area contributed by atoms with Crippen LogP contribution in [-0.4, -0.2) is 47.8 Å². The first-order chi connectivity index (χ1) is 8.54. The first-order valence-electron chi connectivity index (χ1n) is 7.09. The van der Waals surface area contributed by atoms with Crippen LogP contribution in [0.1, 0.15) is 33.6 Å². The van der Waals surface area contributed by atoms with E-state index >= 15 is 0 Å². The minimum atomic E-state index is 0.00526. The summed E-state index contributed by atoms with van der Waals surface area (Å²) in [6.45, 7) is 7.98. The molecule has 2 heterocycles. The number of aliphatic hydroxyl groups is 1. The number of piperidine rings is 1. The van der Waals surface area contributed by atoms with Crippen LogP contribution in [0.5, 0.6) is 0 Å². The average molecular weight is 255 g/mol. The molecular weight excluding hydrogens is 230 g/mol. The molecule has 2 aliphatic rings. The fourth-order valence-corrected chi connectivity index (χ4v) is 3.24. The Hall–Kier alpha value is -0.610. The number of likely N-dealkylation sites (tertiary alicyclic amines) is 1. The van der Waals surface area contributed by atoms with Gasteiger partial charge in [-0.25, -0.2) is 0 Å². The number of ether oxygens (including phenoxy) is 1. The number of hydrogen-bond acceptors (Lipinski definition) is 3. The van der Waals surface area contributed by atoms with E-state index in [0.717, 1.165) is 25.9 Å². The molecule has 0 aliphatic carbocycles. The maximum atomic E-state index is 12.5. The van der Waals surface area contributed by atoms with Crippen molar-refractivity contribution in [2.45, 2.75) is 45.8 Å². The van der Waals surface area contributed by atoms with Crippen molar-refractivity contribution < 1.29 is 14.6 Å². The van der Waals surface area contributed by atoms with Crippen molar-refractivity contribution in [3.63, 3.8) is 0 Å². The second kappa shape index (κ2) is 5.57. The molecule has 0 spiro atoms. The molecule has 4 nitrogen and oxygen atoms in total. The van der Waals surface area contributed by atoms with Gasteiger partial charge >= 0.3 is 0 Å². The van der Waals surface area contributed by atoms with Gasteiger partial charge in [-0.15, -0.1) is 0 Å². The third-order valence-electron chi connectivity index (χ3n) is 4.71. The highest BCUT2D eigenvalue weighted by Gasteiger charge is 2.43. The van der Waals surface area contributed by atoms with E-state index in [1.807, 2.05) is 18.7 Å². The second-order valence-electron chi connectivity index (χ2n) is 5.88. The maximum Gasteiger partial charge on any atom is 0.228 e. The van der Waals surface area contributed by atoms with Crippen LogP contribution in [0.4, 0.5) is 0 Å². The van der Waals surface area contributed by atoms with Crippen molar-refractivity contribution in [2.75, 3.05) is 19.7 Å². The van der Waals surface area contributed by atoms with E-state index in [-0.39, 0.29) is 30.6 Å². The molecule has 104 valence electrons. The molecule has 2 saturated heterocycles. The quantitative estimate of drug-likeness (QED) is 0.808. The Morgan fingerprint density at radius 2 is 1.83 bits per heavy atom. The van der Waals surface area contributed by atoms with E-state index in [0.29, 0.717) is 11.8 Å². The van der Waals surface area contributed by atoms with Gasteiger partial charge in [0.15, 0.2) is 0 Å². The van der Waals surface area contributed by atoms with E-state index in [4.69, 9.17) is 9.84 Å².